The summed E-state index contributed by atoms with van der Waals surface area (Å²) in [4.78, 5) is 15.7. The third-order valence-corrected chi connectivity index (χ3v) is 2.71. The van der Waals surface area contributed by atoms with E-state index >= 15 is 0 Å². The van der Waals surface area contributed by atoms with E-state index in [-0.39, 0.29) is 24.4 Å². The molecule has 3 N–H and O–H groups in total. The SMILES string of the molecule is CC(NC(=O)c1ccc(N)cn1)C1CC1.Cl. The smallest absolute Gasteiger partial charge is 0.270 e. The van der Waals surface area contributed by atoms with E-state index in [1.165, 1.54) is 19.0 Å². The maximum Gasteiger partial charge on any atom is 0.270 e. The van der Waals surface area contributed by atoms with Gasteiger partial charge in [-0.2, -0.15) is 0 Å². The molecule has 1 saturated carbocycles. The maximum absolute atomic E-state index is 11.7. The zero-order chi connectivity index (χ0) is 10.8. The Hall–Kier alpha value is -1.29. The largest absolute Gasteiger partial charge is 0.397 e. The van der Waals surface area contributed by atoms with Gasteiger partial charge in [0.1, 0.15) is 5.69 Å². The molecule has 0 aromatic carbocycles. The first-order valence-corrected chi connectivity index (χ1v) is 5.19. The molecule has 0 aliphatic heterocycles. The van der Waals surface area contributed by atoms with Crippen molar-refractivity contribution in [1.82, 2.24) is 10.3 Å². The molecular weight excluding hydrogens is 226 g/mol. The molecule has 1 heterocycles. The fourth-order valence-electron chi connectivity index (χ4n) is 1.53. The zero-order valence-electron chi connectivity index (χ0n) is 9.14. The number of pyridine rings is 1. The lowest BCUT2D eigenvalue weighted by Crippen LogP contribution is -2.34. The number of anilines is 1. The molecule has 1 aromatic rings. The summed E-state index contributed by atoms with van der Waals surface area (Å²) in [5.74, 6) is 0.539. The van der Waals surface area contributed by atoms with Gasteiger partial charge in [-0.25, -0.2) is 4.98 Å². The van der Waals surface area contributed by atoms with Crippen molar-refractivity contribution in [2.24, 2.45) is 5.92 Å². The molecular formula is C11H16ClN3O. The lowest BCUT2D eigenvalue weighted by molar-refractivity contribution is 0.0931. The molecule has 1 aliphatic carbocycles. The molecule has 88 valence electrons. The van der Waals surface area contributed by atoms with Gasteiger partial charge in [-0.3, -0.25) is 4.79 Å². The van der Waals surface area contributed by atoms with Crippen LogP contribution in [-0.4, -0.2) is 16.9 Å². The molecule has 2 rings (SSSR count). The fourth-order valence-corrected chi connectivity index (χ4v) is 1.53. The van der Waals surface area contributed by atoms with Crippen molar-refractivity contribution in [2.75, 3.05) is 5.73 Å². The summed E-state index contributed by atoms with van der Waals surface area (Å²) in [6, 6.07) is 3.57. The first-order valence-electron chi connectivity index (χ1n) is 5.19. The quantitative estimate of drug-likeness (QED) is 0.845. The molecule has 1 aliphatic rings. The molecule has 1 atom stereocenters. The van der Waals surface area contributed by atoms with E-state index in [4.69, 9.17) is 5.73 Å². The van der Waals surface area contributed by atoms with Gasteiger partial charge in [-0.15, -0.1) is 12.4 Å². The lowest BCUT2D eigenvalue weighted by atomic mass is 10.2. The lowest BCUT2D eigenvalue weighted by Gasteiger charge is -2.11. The number of nitrogens with one attached hydrogen (secondary N) is 1. The molecule has 0 bridgehead atoms. The molecule has 0 saturated heterocycles. The van der Waals surface area contributed by atoms with Crippen LogP contribution in [0.3, 0.4) is 0 Å². The average Bonchev–Trinajstić information content (AvgIpc) is 3.01. The van der Waals surface area contributed by atoms with E-state index < -0.39 is 0 Å². The van der Waals surface area contributed by atoms with Crippen LogP contribution in [0.15, 0.2) is 18.3 Å². The Balaban J connectivity index is 0.00000128. The Bertz CT molecular complexity index is 362. The van der Waals surface area contributed by atoms with Crippen molar-refractivity contribution < 1.29 is 4.79 Å². The monoisotopic (exact) mass is 241 g/mol. The summed E-state index contributed by atoms with van der Waals surface area (Å²) in [6.07, 6.45) is 3.93. The summed E-state index contributed by atoms with van der Waals surface area (Å²) >= 11 is 0. The van der Waals surface area contributed by atoms with Crippen LogP contribution < -0.4 is 11.1 Å². The summed E-state index contributed by atoms with van der Waals surface area (Å²) in [5.41, 5.74) is 6.49. The van der Waals surface area contributed by atoms with Crippen molar-refractivity contribution in [1.29, 1.82) is 0 Å². The number of carbonyl (C=O) groups excluding carboxylic acids is 1. The number of hydrogen-bond donors (Lipinski definition) is 2. The molecule has 1 fully saturated rings. The summed E-state index contributed by atoms with van der Waals surface area (Å²) in [6.45, 7) is 2.03. The second kappa shape index (κ2) is 5.16. The second-order valence-electron chi connectivity index (χ2n) is 4.08. The molecule has 4 nitrogen and oxygen atoms in total. The van der Waals surface area contributed by atoms with Crippen LogP contribution in [-0.2, 0) is 0 Å². The molecule has 0 spiro atoms. The van der Waals surface area contributed by atoms with Crippen molar-refractivity contribution >= 4 is 24.0 Å². The van der Waals surface area contributed by atoms with Gasteiger partial charge in [0.2, 0.25) is 0 Å². The number of halogens is 1. The van der Waals surface area contributed by atoms with Crippen LogP contribution in [0.25, 0.3) is 0 Å². The number of nitrogen functional groups attached to an aromatic ring is 1. The fraction of sp³-hybridized carbons (Fsp3) is 0.455. The minimum absolute atomic E-state index is 0. The predicted molar refractivity (Wildman–Crippen MR) is 65.5 cm³/mol. The van der Waals surface area contributed by atoms with Crippen LogP contribution in [0, 0.1) is 5.92 Å². The van der Waals surface area contributed by atoms with E-state index in [1.54, 1.807) is 12.1 Å². The van der Waals surface area contributed by atoms with Gasteiger partial charge in [0.15, 0.2) is 0 Å². The zero-order valence-corrected chi connectivity index (χ0v) is 9.96. The summed E-state index contributed by atoms with van der Waals surface area (Å²) < 4.78 is 0. The topological polar surface area (TPSA) is 68.0 Å². The maximum atomic E-state index is 11.7. The minimum atomic E-state index is -0.116. The molecule has 5 heteroatoms. The van der Waals surface area contributed by atoms with E-state index in [0.717, 1.165) is 0 Å². The Kier molecular flexibility index (Phi) is 4.12. The number of aromatic nitrogens is 1. The average molecular weight is 242 g/mol. The molecule has 0 radical (unpaired) electrons. The van der Waals surface area contributed by atoms with Crippen molar-refractivity contribution in [3.8, 4) is 0 Å². The van der Waals surface area contributed by atoms with Crippen LogP contribution >= 0.6 is 12.4 Å². The first kappa shape index (κ1) is 12.8. The number of nitrogens with zero attached hydrogens (tertiary/aromatic N) is 1. The highest BCUT2D eigenvalue weighted by atomic mass is 35.5. The molecule has 1 aromatic heterocycles. The van der Waals surface area contributed by atoms with Gasteiger partial charge >= 0.3 is 0 Å². The van der Waals surface area contributed by atoms with Gasteiger partial charge in [0, 0.05) is 6.04 Å². The molecule has 16 heavy (non-hydrogen) atoms. The Morgan fingerprint density at radius 2 is 2.25 bits per heavy atom. The van der Waals surface area contributed by atoms with Crippen molar-refractivity contribution in [3.05, 3.63) is 24.0 Å². The molecule has 1 amide bonds. The van der Waals surface area contributed by atoms with Gasteiger partial charge in [-0.05, 0) is 37.8 Å². The van der Waals surface area contributed by atoms with E-state index in [9.17, 15) is 4.79 Å². The third-order valence-electron chi connectivity index (χ3n) is 2.71. The van der Waals surface area contributed by atoms with Crippen LogP contribution in [0.4, 0.5) is 5.69 Å². The van der Waals surface area contributed by atoms with E-state index in [2.05, 4.69) is 10.3 Å². The highest BCUT2D eigenvalue weighted by molar-refractivity contribution is 5.92. The first-order chi connectivity index (χ1) is 7.16. The number of hydrogen-bond acceptors (Lipinski definition) is 3. The Morgan fingerprint density at radius 3 is 2.75 bits per heavy atom. The van der Waals surface area contributed by atoms with Gasteiger partial charge < -0.3 is 11.1 Å². The Labute approximate surface area is 101 Å². The second-order valence-corrected chi connectivity index (χ2v) is 4.08. The van der Waals surface area contributed by atoms with Crippen LogP contribution in [0.1, 0.15) is 30.3 Å². The van der Waals surface area contributed by atoms with E-state index in [0.29, 0.717) is 17.3 Å². The van der Waals surface area contributed by atoms with E-state index in [1.807, 2.05) is 6.92 Å². The predicted octanol–water partition coefficient (Wildman–Crippen LogP) is 1.61. The van der Waals surface area contributed by atoms with Crippen molar-refractivity contribution in [3.63, 3.8) is 0 Å². The van der Waals surface area contributed by atoms with Crippen LogP contribution in [0.2, 0.25) is 0 Å². The summed E-state index contributed by atoms with van der Waals surface area (Å²) in [7, 11) is 0. The number of nitrogens with two attached hydrogens (primary N) is 1. The summed E-state index contributed by atoms with van der Waals surface area (Å²) in [5, 5.41) is 2.94. The number of rotatable bonds is 3. The van der Waals surface area contributed by atoms with Gasteiger partial charge in [0.25, 0.3) is 5.91 Å². The molecule has 1 unspecified atom stereocenters. The Morgan fingerprint density at radius 1 is 1.56 bits per heavy atom. The van der Waals surface area contributed by atoms with Gasteiger partial charge in [0.05, 0.1) is 11.9 Å². The van der Waals surface area contributed by atoms with Crippen LogP contribution in [0.5, 0.6) is 0 Å². The number of carbonyl (C=O) groups is 1. The standard InChI is InChI=1S/C11H15N3O.ClH/c1-7(8-2-3-8)14-11(15)10-5-4-9(12)6-13-10;/h4-8H,2-3,12H2,1H3,(H,14,15);1H. The number of amides is 1. The minimum Gasteiger partial charge on any atom is -0.397 e. The highest BCUT2D eigenvalue weighted by Crippen LogP contribution is 2.32. The van der Waals surface area contributed by atoms with Gasteiger partial charge in [-0.1, -0.05) is 0 Å². The van der Waals surface area contributed by atoms with Crippen molar-refractivity contribution in [2.45, 2.75) is 25.8 Å². The third kappa shape index (κ3) is 3.10. The highest BCUT2D eigenvalue weighted by Gasteiger charge is 2.29. The normalized spacial score (nSPS) is 16.1.